The second kappa shape index (κ2) is 7.98. The van der Waals surface area contributed by atoms with Gasteiger partial charge < -0.3 is 24.3 Å². The SMILES string of the molecule is CN1c2ccccc2C(=O)N2CCc3c(n(CCC(=O)N4CCc5nc[nH]c5C4)c4ccccc34)C21. The summed E-state index contributed by atoms with van der Waals surface area (Å²) >= 11 is 0. The van der Waals surface area contributed by atoms with Crippen LogP contribution in [-0.4, -0.2) is 56.3 Å². The fourth-order valence-corrected chi connectivity index (χ4v) is 6.34. The number of H-pyrrole nitrogens is 1. The fourth-order valence-electron chi connectivity index (χ4n) is 6.34. The summed E-state index contributed by atoms with van der Waals surface area (Å²) in [6, 6.07) is 16.3. The van der Waals surface area contributed by atoms with Crippen molar-refractivity contribution < 1.29 is 9.59 Å². The van der Waals surface area contributed by atoms with E-state index in [1.165, 1.54) is 10.9 Å². The van der Waals surface area contributed by atoms with E-state index in [-0.39, 0.29) is 18.0 Å². The van der Waals surface area contributed by atoms with E-state index < -0.39 is 0 Å². The minimum atomic E-state index is -0.193. The van der Waals surface area contributed by atoms with Gasteiger partial charge in [0.25, 0.3) is 5.91 Å². The second-order valence-corrected chi connectivity index (χ2v) is 9.93. The summed E-state index contributed by atoms with van der Waals surface area (Å²) in [4.78, 5) is 40.5. The Morgan fingerprint density at radius 2 is 1.92 bits per heavy atom. The number of benzene rings is 2. The molecule has 2 amide bonds. The quantitative estimate of drug-likeness (QED) is 0.487. The van der Waals surface area contributed by atoms with Gasteiger partial charge in [0.2, 0.25) is 5.91 Å². The lowest BCUT2D eigenvalue weighted by Crippen LogP contribution is -2.51. The molecule has 8 heteroatoms. The van der Waals surface area contributed by atoms with E-state index in [4.69, 9.17) is 0 Å². The average Bonchev–Trinajstić information content (AvgIpc) is 3.52. The summed E-state index contributed by atoms with van der Waals surface area (Å²) in [5.41, 5.74) is 7.36. The van der Waals surface area contributed by atoms with E-state index in [0.29, 0.717) is 32.6 Å². The molecule has 1 N–H and O–H groups in total. The minimum absolute atomic E-state index is 0.0795. The summed E-state index contributed by atoms with van der Waals surface area (Å²) in [7, 11) is 2.07. The fraction of sp³-hybridized carbons (Fsp3) is 0.321. The third-order valence-corrected chi connectivity index (χ3v) is 8.08. The topological polar surface area (TPSA) is 77.5 Å². The lowest BCUT2D eigenvalue weighted by atomic mass is 9.96. The predicted molar refractivity (Wildman–Crippen MR) is 137 cm³/mol. The van der Waals surface area contributed by atoms with Crippen molar-refractivity contribution in [3.63, 3.8) is 0 Å². The van der Waals surface area contributed by atoms with Crippen LogP contribution in [0.1, 0.15) is 45.6 Å². The van der Waals surface area contributed by atoms with Crippen molar-refractivity contribution in [2.45, 2.75) is 38.5 Å². The Labute approximate surface area is 209 Å². The van der Waals surface area contributed by atoms with Crippen LogP contribution in [0.25, 0.3) is 10.9 Å². The predicted octanol–water partition coefficient (Wildman–Crippen LogP) is 3.49. The molecule has 36 heavy (non-hydrogen) atoms. The molecule has 0 radical (unpaired) electrons. The van der Waals surface area contributed by atoms with Gasteiger partial charge in [-0.15, -0.1) is 0 Å². The van der Waals surface area contributed by atoms with Crippen molar-refractivity contribution in [2.75, 3.05) is 25.0 Å². The molecule has 3 aliphatic heterocycles. The number of rotatable bonds is 3. The third-order valence-electron chi connectivity index (χ3n) is 8.08. The molecule has 0 saturated carbocycles. The highest BCUT2D eigenvalue weighted by molar-refractivity contribution is 6.02. The first-order valence-electron chi connectivity index (χ1n) is 12.6. The molecular weight excluding hydrogens is 452 g/mol. The van der Waals surface area contributed by atoms with Crippen molar-refractivity contribution in [2.24, 2.45) is 0 Å². The van der Waals surface area contributed by atoms with Gasteiger partial charge in [-0.2, -0.15) is 0 Å². The van der Waals surface area contributed by atoms with Gasteiger partial charge in [-0.3, -0.25) is 9.59 Å². The molecule has 0 bridgehead atoms. The van der Waals surface area contributed by atoms with Crippen LogP contribution < -0.4 is 4.90 Å². The van der Waals surface area contributed by atoms with E-state index in [9.17, 15) is 9.59 Å². The Kier molecular flexibility index (Phi) is 4.71. The maximum absolute atomic E-state index is 13.5. The van der Waals surface area contributed by atoms with E-state index >= 15 is 0 Å². The number of anilines is 1. The van der Waals surface area contributed by atoms with Crippen molar-refractivity contribution in [3.8, 4) is 0 Å². The van der Waals surface area contributed by atoms with Gasteiger partial charge in [0.05, 0.1) is 41.2 Å². The van der Waals surface area contributed by atoms with Gasteiger partial charge in [0, 0.05) is 50.4 Å². The number of nitrogens with one attached hydrogen (secondary N) is 1. The molecule has 8 nitrogen and oxygen atoms in total. The first kappa shape index (κ1) is 21.2. The zero-order valence-electron chi connectivity index (χ0n) is 20.3. The molecule has 1 unspecified atom stereocenters. The van der Waals surface area contributed by atoms with Crippen LogP contribution in [0.4, 0.5) is 5.69 Å². The summed E-state index contributed by atoms with van der Waals surface area (Å²) in [5.74, 6) is 0.226. The molecule has 182 valence electrons. The van der Waals surface area contributed by atoms with Crippen LogP contribution in [0.2, 0.25) is 0 Å². The first-order valence-corrected chi connectivity index (χ1v) is 12.6. The molecule has 0 saturated heterocycles. The first-order chi connectivity index (χ1) is 17.6. The molecule has 0 aliphatic carbocycles. The zero-order chi connectivity index (χ0) is 24.4. The average molecular weight is 481 g/mol. The number of aryl methyl sites for hydroxylation is 1. The number of nitrogens with zero attached hydrogens (tertiary/aromatic N) is 5. The smallest absolute Gasteiger partial charge is 0.257 e. The maximum Gasteiger partial charge on any atom is 0.257 e. The van der Waals surface area contributed by atoms with Crippen LogP contribution in [-0.2, 0) is 30.7 Å². The van der Waals surface area contributed by atoms with Crippen LogP contribution in [0.5, 0.6) is 0 Å². The number of carbonyl (C=O) groups excluding carboxylic acids is 2. The molecule has 5 heterocycles. The van der Waals surface area contributed by atoms with E-state index in [1.54, 1.807) is 6.33 Å². The molecular formula is C28H28N6O2. The monoisotopic (exact) mass is 480 g/mol. The molecule has 7 rings (SSSR count). The summed E-state index contributed by atoms with van der Waals surface area (Å²) in [6.07, 6.45) is 3.53. The highest BCUT2D eigenvalue weighted by atomic mass is 16.2. The number of imidazole rings is 1. The van der Waals surface area contributed by atoms with Crippen molar-refractivity contribution >= 4 is 28.4 Å². The lowest BCUT2D eigenvalue weighted by molar-refractivity contribution is -0.132. The Balaban J connectivity index is 1.26. The molecule has 0 fully saturated rings. The van der Waals surface area contributed by atoms with Gasteiger partial charge in [-0.05, 0) is 30.2 Å². The standard InChI is InChI=1S/C28H28N6O2/c1-31-23-8-4-3-7-20(23)28(36)34-14-10-19-18-6-2-5-9-24(18)33(26(19)27(31)34)15-12-25(35)32-13-11-21-22(16-32)30-17-29-21/h2-9,17,27H,10-16H2,1H3,(H,29,30). The van der Waals surface area contributed by atoms with Gasteiger partial charge in [0.15, 0.2) is 0 Å². The molecule has 3 aliphatic rings. The number of fused-ring (bicyclic) bond motifs is 7. The van der Waals surface area contributed by atoms with Crippen LogP contribution in [0.3, 0.4) is 0 Å². The summed E-state index contributed by atoms with van der Waals surface area (Å²) in [6.45, 7) is 2.55. The number of aromatic amines is 1. The number of amides is 2. The lowest BCUT2D eigenvalue weighted by Gasteiger charge is -2.46. The highest BCUT2D eigenvalue weighted by Crippen LogP contribution is 2.44. The second-order valence-electron chi connectivity index (χ2n) is 9.93. The van der Waals surface area contributed by atoms with Crippen molar-refractivity contribution in [1.29, 1.82) is 0 Å². The molecule has 0 spiro atoms. The minimum Gasteiger partial charge on any atom is -0.349 e. The largest absolute Gasteiger partial charge is 0.349 e. The van der Waals surface area contributed by atoms with Gasteiger partial charge in [-0.1, -0.05) is 30.3 Å². The Hall–Kier alpha value is -4.07. The number of para-hydroxylation sites is 2. The molecule has 1 atom stereocenters. The number of carbonyl (C=O) groups is 2. The maximum atomic E-state index is 13.5. The van der Waals surface area contributed by atoms with Gasteiger partial charge in [0.1, 0.15) is 6.17 Å². The normalized spacial score (nSPS) is 18.6. The van der Waals surface area contributed by atoms with E-state index in [1.807, 2.05) is 34.1 Å². The number of hydrogen-bond acceptors (Lipinski definition) is 4. The van der Waals surface area contributed by atoms with Crippen molar-refractivity contribution in [1.82, 2.24) is 24.3 Å². The van der Waals surface area contributed by atoms with E-state index in [2.05, 4.69) is 50.7 Å². The van der Waals surface area contributed by atoms with Crippen LogP contribution in [0, 0.1) is 0 Å². The Bertz CT molecular complexity index is 1520. The third kappa shape index (κ3) is 3.03. The van der Waals surface area contributed by atoms with Gasteiger partial charge in [-0.25, -0.2) is 4.98 Å². The molecule has 4 aromatic rings. The zero-order valence-corrected chi connectivity index (χ0v) is 20.3. The molecule has 2 aromatic heterocycles. The highest BCUT2D eigenvalue weighted by Gasteiger charge is 2.42. The van der Waals surface area contributed by atoms with Crippen molar-refractivity contribution in [3.05, 3.63) is 83.1 Å². The Morgan fingerprint density at radius 1 is 1.08 bits per heavy atom. The van der Waals surface area contributed by atoms with E-state index in [0.717, 1.165) is 46.7 Å². The summed E-state index contributed by atoms with van der Waals surface area (Å²) in [5, 5.41) is 1.22. The number of aromatic nitrogens is 3. The van der Waals surface area contributed by atoms with Crippen LogP contribution in [0.15, 0.2) is 54.9 Å². The summed E-state index contributed by atoms with van der Waals surface area (Å²) < 4.78 is 2.29. The molecule has 2 aromatic carbocycles. The van der Waals surface area contributed by atoms with Crippen LogP contribution >= 0.6 is 0 Å². The van der Waals surface area contributed by atoms with Gasteiger partial charge >= 0.3 is 0 Å². The Morgan fingerprint density at radius 3 is 2.83 bits per heavy atom. The number of hydrogen-bond donors (Lipinski definition) is 1.